The van der Waals surface area contributed by atoms with Crippen molar-refractivity contribution in [2.45, 2.75) is 6.42 Å². The number of aliphatic hydroxyl groups excluding tert-OH is 1. The first-order chi connectivity index (χ1) is 11.4. The summed E-state index contributed by atoms with van der Waals surface area (Å²) in [5, 5.41) is 13.6. The number of benzene rings is 3. The van der Waals surface area contributed by atoms with Gasteiger partial charge in [-0.1, -0.05) is 54.6 Å². The fourth-order valence-electron chi connectivity index (χ4n) is 3.19. The van der Waals surface area contributed by atoms with E-state index in [4.69, 9.17) is 0 Å². The van der Waals surface area contributed by atoms with E-state index in [1.165, 1.54) is 15.9 Å². The Morgan fingerprint density at radius 1 is 0.583 bits per heavy atom. The minimum Gasteiger partial charge on any atom is -0.396 e. The first kappa shape index (κ1) is 18.9. The summed E-state index contributed by atoms with van der Waals surface area (Å²) in [5.41, 5.74) is 0. The molecule has 0 bridgehead atoms. The summed E-state index contributed by atoms with van der Waals surface area (Å²) in [5.74, 6) is 0. The Labute approximate surface area is 155 Å². The van der Waals surface area contributed by atoms with Crippen LogP contribution in [-0.2, 0) is 0 Å². The number of aliphatic hydroxyl groups is 1. The summed E-state index contributed by atoms with van der Waals surface area (Å²) in [6.07, 6.45) is 1.80. The normalized spacial score (nSPS) is 10.9. The van der Waals surface area contributed by atoms with Gasteiger partial charge in [-0.05, 0) is 36.4 Å². The molecule has 0 aliphatic carbocycles. The average Bonchev–Trinajstić information content (AvgIpc) is 2.65. The molecular weight excluding hydrogens is 379 g/mol. The van der Waals surface area contributed by atoms with Crippen LogP contribution in [0, 0.1) is 0 Å². The number of hydrogen-bond donors (Lipinski definition) is 1. The second-order valence-electron chi connectivity index (χ2n) is 5.62. The molecule has 0 aromatic heterocycles. The molecule has 0 aliphatic heterocycles. The molecule has 0 saturated carbocycles. The van der Waals surface area contributed by atoms with Crippen molar-refractivity contribution >= 4 is 40.2 Å². The van der Waals surface area contributed by atoms with Crippen molar-refractivity contribution in [2.75, 3.05) is 12.8 Å². The Morgan fingerprint density at radius 2 is 0.917 bits per heavy atom. The van der Waals surface area contributed by atoms with Crippen molar-refractivity contribution in [1.82, 2.24) is 0 Å². The molecule has 1 N–H and O–H groups in total. The van der Waals surface area contributed by atoms with Gasteiger partial charge in [0.05, 0.1) is 6.16 Å². The first-order valence-electron chi connectivity index (χ1n) is 8.04. The van der Waals surface area contributed by atoms with Crippen LogP contribution in [0.25, 0.3) is 0 Å². The van der Waals surface area contributed by atoms with Gasteiger partial charge in [-0.3, -0.25) is 0 Å². The van der Waals surface area contributed by atoms with E-state index in [9.17, 15) is 5.11 Å². The zero-order valence-electron chi connectivity index (χ0n) is 13.6. The maximum absolute atomic E-state index is 9.49. The summed E-state index contributed by atoms with van der Waals surface area (Å²) in [6.45, 7) is 0.230. The highest BCUT2D eigenvalue weighted by Crippen LogP contribution is 2.55. The van der Waals surface area contributed by atoms with Crippen molar-refractivity contribution < 1.29 is 5.11 Å². The molecule has 124 valence electrons. The van der Waals surface area contributed by atoms with E-state index in [1.54, 1.807) is 0 Å². The van der Waals surface area contributed by atoms with E-state index in [0.29, 0.717) is 0 Å². The van der Waals surface area contributed by atoms with Gasteiger partial charge in [-0.2, -0.15) is 0 Å². The van der Waals surface area contributed by atoms with Crippen LogP contribution >= 0.6 is 24.2 Å². The minimum absolute atomic E-state index is 0. The third-order valence-electron chi connectivity index (χ3n) is 4.24. The zero-order chi connectivity index (χ0) is 16.0. The molecule has 1 nitrogen and oxygen atoms in total. The monoisotopic (exact) mass is 401 g/mol. The highest BCUT2D eigenvalue weighted by atomic mass is 79.9. The maximum atomic E-state index is 9.49. The molecule has 0 aliphatic rings. The molecule has 0 radical (unpaired) electrons. The number of halogens is 1. The van der Waals surface area contributed by atoms with Gasteiger partial charge in [-0.15, -0.1) is 17.0 Å². The van der Waals surface area contributed by atoms with Gasteiger partial charge in [0.2, 0.25) is 0 Å². The van der Waals surface area contributed by atoms with E-state index >= 15 is 0 Å². The zero-order valence-corrected chi connectivity index (χ0v) is 16.2. The molecule has 0 amide bonds. The highest BCUT2D eigenvalue weighted by Gasteiger charge is 2.44. The summed E-state index contributed by atoms with van der Waals surface area (Å²) in [4.78, 5) is 0. The average molecular weight is 402 g/mol. The maximum Gasteiger partial charge on any atom is 0.112 e. The van der Waals surface area contributed by atoms with E-state index in [2.05, 4.69) is 91.0 Å². The third-order valence-corrected chi connectivity index (χ3v) is 8.77. The van der Waals surface area contributed by atoms with Crippen molar-refractivity contribution in [1.29, 1.82) is 0 Å². The van der Waals surface area contributed by atoms with Crippen LogP contribution in [0.2, 0.25) is 0 Å². The van der Waals surface area contributed by atoms with Crippen LogP contribution in [0.1, 0.15) is 6.42 Å². The van der Waals surface area contributed by atoms with E-state index in [1.807, 2.05) is 0 Å². The van der Waals surface area contributed by atoms with Gasteiger partial charge in [0.1, 0.15) is 23.2 Å². The van der Waals surface area contributed by atoms with Gasteiger partial charge in [0.15, 0.2) is 0 Å². The van der Waals surface area contributed by atoms with Gasteiger partial charge >= 0.3 is 0 Å². The van der Waals surface area contributed by atoms with Crippen molar-refractivity contribution in [3.05, 3.63) is 91.0 Å². The van der Waals surface area contributed by atoms with Crippen molar-refractivity contribution in [2.24, 2.45) is 0 Å². The van der Waals surface area contributed by atoms with Crippen LogP contribution in [0.5, 0.6) is 0 Å². The van der Waals surface area contributed by atoms with Gasteiger partial charge in [-0.25, -0.2) is 0 Å². The molecule has 3 heteroatoms. The largest absolute Gasteiger partial charge is 0.396 e. The van der Waals surface area contributed by atoms with Crippen molar-refractivity contribution in [3.8, 4) is 0 Å². The third kappa shape index (κ3) is 3.78. The lowest BCUT2D eigenvalue weighted by Gasteiger charge is -2.27. The number of rotatable bonds is 6. The Kier molecular flexibility index (Phi) is 7.17. The predicted molar refractivity (Wildman–Crippen MR) is 112 cm³/mol. The van der Waals surface area contributed by atoms with Gasteiger partial charge in [0, 0.05) is 13.0 Å². The van der Waals surface area contributed by atoms with Gasteiger partial charge < -0.3 is 5.11 Å². The number of hydrogen-bond acceptors (Lipinski definition) is 1. The molecule has 3 aromatic carbocycles. The molecule has 24 heavy (non-hydrogen) atoms. The Hall–Kier alpha value is -1.47. The topological polar surface area (TPSA) is 20.2 Å². The van der Waals surface area contributed by atoms with Crippen LogP contribution in [0.3, 0.4) is 0 Å². The lowest BCUT2D eigenvalue weighted by atomic mass is 10.4. The predicted octanol–water partition coefficient (Wildman–Crippen LogP) is 3.94. The highest BCUT2D eigenvalue weighted by molar-refractivity contribution is 8.93. The minimum atomic E-state index is -1.73. The van der Waals surface area contributed by atoms with Crippen LogP contribution in [0.4, 0.5) is 0 Å². The lowest BCUT2D eigenvalue weighted by Crippen LogP contribution is -2.33. The van der Waals surface area contributed by atoms with E-state index < -0.39 is 7.26 Å². The Morgan fingerprint density at radius 3 is 1.21 bits per heavy atom. The fraction of sp³-hybridized carbons (Fsp3) is 0.143. The second-order valence-corrected chi connectivity index (χ2v) is 9.23. The molecule has 0 saturated heterocycles. The summed E-state index contributed by atoms with van der Waals surface area (Å²) < 4.78 is 0. The van der Waals surface area contributed by atoms with Crippen molar-refractivity contribution in [3.63, 3.8) is 0 Å². The quantitative estimate of drug-likeness (QED) is 0.620. The molecule has 0 heterocycles. The Bertz CT molecular complexity index is 620. The SMILES string of the molecule is Br.OCCC[P+](c1ccccc1)(c1ccccc1)c1ccccc1. The molecule has 3 aromatic rings. The molecule has 0 unspecified atom stereocenters. The Balaban J connectivity index is 0.00000208. The smallest absolute Gasteiger partial charge is 0.112 e. The fourth-order valence-corrected chi connectivity index (χ4v) is 7.52. The molecule has 3 rings (SSSR count). The van der Waals surface area contributed by atoms with Crippen LogP contribution in [0.15, 0.2) is 91.0 Å². The van der Waals surface area contributed by atoms with Crippen LogP contribution < -0.4 is 15.9 Å². The molecular formula is C21H23BrOP+. The lowest BCUT2D eigenvalue weighted by molar-refractivity contribution is 0.296. The van der Waals surface area contributed by atoms with E-state index in [0.717, 1.165) is 12.6 Å². The standard InChI is InChI=1S/C21H22OP.BrH/c22-17-10-18-23(19-11-4-1-5-12-19,20-13-6-2-7-14-20)21-15-8-3-9-16-21;/h1-9,11-16,22H,10,17-18H2;1H/q+1;. The first-order valence-corrected chi connectivity index (χ1v) is 10.0. The van der Waals surface area contributed by atoms with E-state index in [-0.39, 0.29) is 23.6 Å². The van der Waals surface area contributed by atoms with Gasteiger partial charge in [0.25, 0.3) is 0 Å². The summed E-state index contributed by atoms with van der Waals surface area (Å²) in [6, 6.07) is 32.4. The second kappa shape index (κ2) is 9.13. The molecule has 0 fully saturated rings. The summed E-state index contributed by atoms with van der Waals surface area (Å²) >= 11 is 0. The molecule has 0 atom stereocenters. The molecule has 0 spiro atoms. The summed E-state index contributed by atoms with van der Waals surface area (Å²) in [7, 11) is -1.73. The van der Waals surface area contributed by atoms with Crippen LogP contribution in [-0.4, -0.2) is 17.9 Å².